The standard InChI is InChI=1S/C9H13F5O/c1-7(2,3)5-4-6(15)8(10,11)9(12,13)14/h4-5H2,1-3H3. The number of rotatable bonds is 3. The molecule has 0 saturated heterocycles. The molecule has 0 aromatic carbocycles. The molecular weight excluding hydrogens is 219 g/mol. The van der Waals surface area contributed by atoms with Crippen LogP contribution in [0.25, 0.3) is 0 Å². The highest BCUT2D eigenvalue weighted by Crippen LogP contribution is 2.37. The van der Waals surface area contributed by atoms with E-state index < -0.39 is 29.7 Å². The number of alkyl halides is 5. The van der Waals surface area contributed by atoms with Gasteiger partial charge in [0.05, 0.1) is 0 Å². The Balaban J connectivity index is 4.47. The van der Waals surface area contributed by atoms with E-state index >= 15 is 0 Å². The number of carbonyl (C=O) groups excluding carboxylic acids is 1. The van der Waals surface area contributed by atoms with Crippen LogP contribution in [0.15, 0.2) is 0 Å². The van der Waals surface area contributed by atoms with Crippen LogP contribution in [0.2, 0.25) is 0 Å². The maximum absolute atomic E-state index is 12.4. The van der Waals surface area contributed by atoms with Crippen molar-refractivity contribution in [2.24, 2.45) is 5.41 Å². The van der Waals surface area contributed by atoms with Gasteiger partial charge in [-0.1, -0.05) is 20.8 Å². The lowest BCUT2D eigenvalue weighted by Crippen LogP contribution is -2.44. The van der Waals surface area contributed by atoms with E-state index in [1.54, 1.807) is 20.8 Å². The summed E-state index contributed by atoms with van der Waals surface area (Å²) in [6, 6.07) is 0. The molecule has 0 radical (unpaired) electrons. The van der Waals surface area contributed by atoms with Crippen LogP contribution in [-0.2, 0) is 4.79 Å². The number of hydrogen-bond donors (Lipinski definition) is 0. The van der Waals surface area contributed by atoms with Crippen LogP contribution in [0.4, 0.5) is 22.0 Å². The Morgan fingerprint density at radius 3 is 1.67 bits per heavy atom. The van der Waals surface area contributed by atoms with Crippen LogP contribution < -0.4 is 0 Å². The van der Waals surface area contributed by atoms with E-state index in [4.69, 9.17) is 0 Å². The molecule has 0 fully saturated rings. The number of ketones is 1. The summed E-state index contributed by atoms with van der Waals surface area (Å²) in [5.41, 5.74) is -0.447. The highest BCUT2D eigenvalue weighted by molar-refractivity contribution is 5.86. The average molecular weight is 232 g/mol. The molecule has 0 aliphatic rings. The summed E-state index contributed by atoms with van der Waals surface area (Å²) in [5, 5.41) is 0. The van der Waals surface area contributed by atoms with Crippen LogP contribution >= 0.6 is 0 Å². The molecule has 0 saturated carbocycles. The molecule has 0 heterocycles. The zero-order chi connectivity index (χ0) is 12.5. The first-order chi connectivity index (χ1) is 6.38. The smallest absolute Gasteiger partial charge is 0.293 e. The van der Waals surface area contributed by atoms with E-state index in [2.05, 4.69) is 0 Å². The number of Topliss-reactive ketones (excluding diaryl/α,β-unsaturated/α-hetero) is 1. The summed E-state index contributed by atoms with van der Waals surface area (Å²) in [5.74, 6) is -7.29. The minimum absolute atomic E-state index is 0.00248. The second-order valence-corrected chi connectivity index (χ2v) is 4.56. The predicted octanol–water partition coefficient (Wildman–Crippen LogP) is 3.58. The summed E-state index contributed by atoms with van der Waals surface area (Å²) < 4.78 is 60.0. The molecule has 1 nitrogen and oxygen atoms in total. The highest BCUT2D eigenvalue weighted by Gasteiger charge is 2.62. The first-order valence-corrected chi connectivity index (χ1v) is 4.36. The minimum Gasteiger partial charge on any atom is -0.293 e. The largest absolute Gasteiger partial charge is 0.461 e. The maximum atomic E-state index is 12.4. The van der Waals surface area contributed by atoms with Gasteiger partial charge in [0.15, 0.2) is 0 Å². The lowest BCUT2D eigenvalue weighted by Gasteiger charge is -2.21. The summed E-state index contributed by atoms with van der Waals surface area (Å²) in [4.78, 5) is 10.7. The molecule has 0 atom stereocenters. The fraction of sp³-hybridized carbons (Fsp3) is 0.889. The fourth-order valence-corrected chi connectivity index (χ4v) is 0.804. The molecule has 15 heavy (non-hydrogen) atoms. The van der Waals surface area contributed by atoms with Crippen molar-refractivity contribution < 1.29 is 26.7 Å². The van der Waals surface area contributed by atoms with Gasteiger partial charge < -0.3 is 0 Å². The summed E-state index contributed by atoms with van der Waals surface area (Å²) in [7, 11) is 0. The SMILES string of the molecule is CC(C)(C)CCC(=O)C(F)(F)C(F)(F)F. The van der Waals surface area contributed by atoms with Gasteiger partial charge in [-0.15, -0.1) is 0 Å². The third-order valence-corrected chi connectivity index (χ3v) is 1.81. The van der Waals surface area contributed by atoms with Gasteiger partial charge in [-0.25, -0.2) is 0 Å². The molecule has 0 N–H and O–H groups in total. The van der Waals surface area contributed by atoms with Gasteiger partial charge in [-0.2, -0.15) is 22.0 Å². The van der Waals surface area contributed by atoms with E-state index in [1.165, 1.54) is 0 Å². The highest BCUT2D eigenvalue weighted by atomic mass is 19.4. The second-order valence-electron chi connectivity index (χ2n) is 4.56. The zero-order valence-corrected chi connectivity index (χ0v) is 8.71. The van der Waals surface area contributed by atoms with Gasteiger partial charge in [0.1, 0.15) is 0 Å². The first kappa shape index (κ1) is 14.3. The van der Waals surface area contributed by atoms with Crippen LogP contribution in [0.1, 0.15) is 33.6 Å². The first-order valence-electron chi connectivity index (χ1n) is 4.36. The molecule has 0 amide bonds. The Kier molecular flexibility index (Phi) is 3.87. The van der Waals surface area contributed by atoms with Gasteiger partial charge in [0.2, 0.25) is 5.78 Å². The summed E-state index contributed by atoms with van der Waals surface area (Å²) in [6.45, 7) is 4.98. The molecule has 0 aromatic heterocycles. The quantitative estimate of drug-likeness (QED) is 0.680. The van der Waals surface area contributed by atoms with Crippen LogP contribution in [0.5, 0.6) is 0 Å². The van der Waals surface area contributed by atoms with Crippen molar-refractivity contribution in [3.05, 3.63) is 0 Å². The van der Waals surface area contributed by atoms with Crippen molar-refractivity contribution >= 4 is 5.78 Å². The van der Waals surface area contributed by atoms with Crippen molar-refractivity contribution in [2.45, 2.75) is 45.7 Å². The molecule has 0 rings (SSSR count). The van der Waals surface area contributed by atoms with E-state index in [-0.39, 0.29) is 6.42 Å². The van der Waals surface area contributed by atoms with Gasteiger partial charge >= 0.3 is 12.1 Å². The Bertz CT molecular complexity index is 236. The van der Waals surface area contributed by atoms with Crippen LogP contribution in [0.3, 0.4) is 0 Å². The molecular formula is C9H13F5O. The number of hydrogen-bond acceptors (Lipinski definition) is 1. The zero-order valence-electron chi connectivity index (χ0n) is 8.71. The average Bonchev–Trinajstić information content (AvgIpc) is 1.96. The monoisotopic (exact) mass is 232 g/mol. The third-order valence-electron chi connectivity index (χ3n) is 1.81. The van der Waals surface area contributed by atoms with Crippen LogP contribution in [-0.4, -0.2) is 17.9 Å². The summed E-state index contributed by atoms with van der Waals surface area (Å²) >= 11 is 0. The Labute approximate surface area is 84.6 Å². The van der Waals surface area contributed by atoms with Gasteiger partial charge in [-0.05, 0) is 11.8 Å². The molecule has 0 aliphatic heterocycles. The summed E-state index contributed by atoms with van der Waals surface area (Å²) in [6.07, 6.45) is -6.56. The van der Waals surface area contributed by atoms with Crippen molar-refractivity contribution in [3.8, 4) is 0 Å². The van der Waals surface area contributed by atoms with Gasteiger partial charge in [0.25, 0.3) is 0 Å². The Hall–Kier alpha value is -0.680. The van der Waals surface area contributed by atoms with E-state index in [0.29, 0.717) is 0 Å². The predicted molar refractivity (Wildman–Crippen MR) is 44.7 cm³/mol. The maximum Gasteiger partial charge on any atom is 0.461 e. The lowest BCUT2D eigenvalue weighted by atomic mass is 9.88. The molecule has 0 bridgehead atoms. The number of halogens is 5. The molecule has 90 valence electrons. The fourth-order valence-electron chi connectivity index (χ4n) is 0.804. The normalized spacial score (nSPS) is 14.1. The van der Waals surface area contributed by atoms with Crippen molar-refractivity contribution in [2.75, 3.05) is 0 Å². The lowest BCUT2D eigenvalue weighted by molar-refractivity contribution is -0.268. The third kappa shape index (κ3) is 4.13. The molecule has 0 spiro atoms. The van der Waals surface area contributed by atoms with Crippen molar-refractivity contribution in [1.29, 1.82) is 0 Å². The van der Waals surface area contributed by atoms with Crippen molar-refractivity contribution in [3.63, 3.8) is 0 Å². The second kappa shape index (κ2) is 4.06. The Morgan fingerprint density at radius 2 is 1.40 bits per heavy atom. The van der Waals surface area contributed by atoms with E-state index in [9.17, 15) is 26.7 Å². The molecule has 0 aromatic rings. The van der Waals surface area contributed by atoms with Gasteiger partial charge in [0, 0.05) is 6.42 Å². The number of carbonyl (C=O) groups is 1. The van der Waals surface area contributed by atoms with E-state index in [1.807, 2.05) is 0 Å². The minimum atomic E-state index is -5.79. The molecule has 0 unspecified atom stereocenters. The van der Waals surface area contributed by atoms with Crippen LogP contribution in [0, 0.1) is 5.41 Å². The van der Waals surface area contributed by atoms with Gasteiger partial charge in [-0.3, -0.25) is 4.79 Å². The molecule has 0 aliphatic carbocycles. The van der Waals surface area contributed by atoms with Crippen molar-refractivity contribution in [1.82, 2.24) is 0 Å². The topological polar surface area (TPSA) is 17.1 Å². The Morgan fingerprint density at radius 1 is 1.00 bits per heavy atom. The molecule has 6 heteroatoms. The van der Waals surface area contributed by atoms with E-state index in [0.717, 1.165) is 0 Å².